The Hall–Kier alpha value is -1.79. The lowest BCUT2D eigenvalue weighted by Crippen LogP contribution is -2.57. The zero-order valence-electron chi connectivity index (χ0n) is 16.0. The SMILES string of the molecule is CC(=O)[C@H](C(C)C)N(C)C(=O)N1CCN(C(=O)OC(C)(C)C)CC1. The quantitative estimate of drug-likeness (QED) is 0.789. The zero-order chi connectivity index (χ0) is 18.7. The lowest BCUT2D eigenvalue weighted by atomic mass is 9.99. The van der Waals surface area contributed by atoms with E-state index < -0.39 is 11.6 Å². The summed E-state index contributed by atoms with van der Waals surface area (Å²) in [5.74, 6) is 0.0349. The van der Waals surface area contributed by atoms with E-state index in [1.54, 1.807) is 16.8 Å². The van der Waals surface area contributed by atoms with Crippen molar-refractivity contribution in [3.8, 4) is 0 Å². The Morgan fingerprint density at radius 2 is 1.46 bits per heavy atom. The fourth-order valence-corrected chi connectivity index (χ4v) is 2.94. The number of ketones is 1. The average molecular weight is 341 g/mol. The summed E-state index contributed by atoms with van der Waals surface area (Å²) in [5, 5.41) is 0. The van der Waals surface area contributed by atoms with Crippen LogP contribution in [-0.2, 0) is 9.53 Å². The van der Waals surface area contributed by atoms with E-state index >= 15 is 0 Å². The van der Waals surface area contributed by atoms with Gasteiger partial charge < -0.3 is 19.4 Å². The minimum atomic E-state index is -0.532. The number of carbonyl (C=O) groups is 3. The van der Waals surface area contributed by atoms with E-state index in [1.807, 2.05) is 34.6 Å². The predicted molar refractivity (Wildman–Crippen MR) is 91.8 cm³/mol. The van der Waals surface area contributed by atoms with Crippen LogP contribution in [0, 0.1) is 5.92 Å². The molecule has 0 aromatic heterocycles. The van der Waals surface area contributed by atoms with E-state index in [2.05, 4.69) is 0 Å². The molecule has 0 aromatic rings. The molecule has 0 spiro atoms. The summed E-state index contributed by atoms with van der Waals surface area (Å²) >= 11 is 0. The highest BCUT2D eigenvalue weighted by atomic mass is 16.6. The maximum atomic E-state index is 12.6. The van der Waals surface area contributed by atoms with Crippen LogP contribution in [0.1, 0.15) is 41.5 Å². The molecular formula is C17H31N3O4. The van der Waals surface area contributed by atoms with Crippen LogP contribution in [0.15, 0.2) is 0 Å². The Kier molecular flexibility index (Phi) is 6.63. The summed E-state index contributed by atoms with van der Waals surface area (Å²) in [6.45, 7) is 12.6. The summed E-state index contributed by atoms with van der Waals surface area (Å²) in [5.41, 5.74) is -0.532. The highest BCUT2D eigenvalue weighted by molar-refractivity contribution is 5.87. The minimum absolute atomic E-state index is 0.0201. The summed E-state index contributed by atoms with van der Waals surface area (Å²) in [7, 11) is 1.66. The first-order valence-corrected chi connectivity index (χ1v) is 8.44. The van der Waals surface area contributed by atoms with Gasteiger partial charge in [0.15, 0.2) is 5.78 Å². The van der Waals surface area contributed by atoms with Crippen molar-refractivity contribution in [2.24, 2.45) is 5.92 Å². The standard InChI is InChI=1S/C17H31N3O4/c1-12(2)14(13(3)21)18(7)15(22)19-8-10-20(11-9-19)16(23)24-17(4,5)6/h12,14H,8-11H2,1-7H3/t14-/m0/s1. The predicted octanol–water partition coefficient (Wildman–Crippen LogP) is 2.20. The van der Waals surface area contributed by atoms with E-state index in [9.17, 15) is 14.4 Å². The molecule has 138 valence electrons. The third kappa shape index (κ3) is 5.39. The molecule has 0 radical (unpaired) electrons. The van der Waals surface area contributed by atoms with Crippen LogP contribution in [0.4, 0.5) is 9.59 Å². The van der Waals surface area contributed by atoms with Crippen molar-refractivity contribution >= 4 is 17.9 Å². The molecule has 3 amide bonds. The second-order valence-electron chi connectivity index (χ2n) is 7.65. The maximum absolute atomic E-state index is 12.6. The molecule has 1 aliphatic heterocycles. The van der Waals surface area contributed by atoms with Gasteiger partial charge in [-0.1, -0.05) is 13.8 Å². The molecule has 0 saturated carbocycles. The fraction of sp³-hybridized carbons (Fsp3) is 0.824. The smallest absolute Gasteiger partial charge is 0.410 e. The van der Waals surface area contributed by atoms with Crippen molar-refractivity contribution in [1.29, 1.82) is 0 Å². The molecule has 0 unspecified atom stereocenters. The number of urea groups is 1. The van der Waals surface area contributed by atoms with Gasteiger partial charge in [0, 0.05) is 33.2 Å². The van der Waals surface area contributed by atoms with Crippen LogP contribution in [0.25, 0.3) is 0 Å². The number of Topliss-reactive ketones (excluding diaryl/α,β-unsaturated/α-hetero) is 1. The lowest BCUT2D eigenvalue weighted by Gasteiger charge is -2.39. The Balaban J connectivity index is 2.62. The number of piperazine rings is 1. The van der Waals surface area contributed by atoms with E-state index in [0.717, 1.165) is 0 Å². The van der Waals surface area contributed by atoms with Crippen molar-refractivity contribution < 1.29 is 19.1 Å². The van der Waals surface area contributed by atoms with E-state index in [-0.39, 0.29) is 23.8 Å². The van der Waals surface area contributed by atoms with Gasteiger partial charge in [-0.15, -0.1) is 0 Å². The fourth-order valence-electron chi connectivity index (χ4n) is 2.94. The van der Waals surface area contributed by atoms with Gasteiger partial charge in [0.25, 0.3) is 0 Å². The topological polar surface area (TPSA) is 70.2 Å². The first kappa shape index (κ1) is 20.3. The second kappa shape index (κ2) is 7.85. The number of amides is 3. The number of rotatable bonds is 3. The van der Waals surface area contributed by atoms with Gasteiger partial charge in [0.2, 0.25) is 0 Å². The van der Waals surface area contributed by atoms with Gasteiger partial charge in [-0.05, 0) is 33.6 Å². The van der Waals surface area contributed by atoms with Crippen molar-refractivity contribution in [1.82, 2.24) is 14.7 Å². The molecule has 0 bridgehead atoms. The van der Waals surface area contributed by atoms with Crippen molar-refractivity contribution in [2.75, 3.05) is 33.2 Å². The van der Waals surface area contributed by atoms with E-state index in [4.69, 9.17) is 4.74 Å². The highest BCUT2D eigenvalue weighted by Gasteiger charge is 2.33. The largest absolute Gasteiger partial charge is 0.444 e. The van der Waals surface area contributed by atoms with E-state index in [1.165, 1.54) is 11.8 Å². The van der Waals surface area contributed by atoms with Gasteiger partial charge in [-0.2, -0.15) is 0 Å². The van der Waals surface area contributed by atoms with E-state index in [0.29, 0.717) is 26.2 Å². The summed E-state index contributed by atoms with van der Waals surface area (Å²) in [6, 6.07) is -0.603. The molecule has 1 aliphatic rings. The molecule has 1 heterocycles. The number of ether oxygens (including phenoxy) is 1. The summed E-state index contributed by atoms with van der Waals surface area (Å²) < 4.78 is 5.35. The van der Waals surface area contributed by atoms with Crippen LogP contribution in [0.2, 0.25) is 0 Å². The number of nitrogens with zero attached hydrogens (tertiary/aromatic N) is 3. The Labute approximate surface area is 144 Å². The molecule has 1 rings (SSSR count). The molecule has 0 N–H and O–H groups in total. The van der Waals surface area contributed by atoms with Crippen molar-refractivity contribution in [2.45, 2.75) is 53.2 Å². The highest BCUT2D eigenvalue weighted by Crippen LogP contribution is 2.15. The maximum Gasteiger partial charge on any atom is 0.410 e. The lowest BCUT2D eigenvalue weighted by molar-refractivity contribution is -0.122. The Bertz CT molecular complexity index is 477. The Morgan fingerprint density at radius 3 is 1.83 bits per heavy atom. The van der Waals surface area contributed by atoms with Gasteiger partial charge in [0.1, 0.15) is 5.60 Å². The minimum Gasteiger partial charge on any atom is -0.444 e. The molecule has 0 aromatic carbocycles. The summed E-state index contributed by atoms with van der Waals surface area (Å²) in [6.07, 6.45) is -0.355. The number of carbonyl (C=O) groups excluding carboxylic acids is 3. The normalized spacial score (nSPS) is 16.8. The van der Waals surface area contributed by atoms with Crippen LogP contribution in [0.5, 0.6) is 0 Å². The molecule has 1 fully saturated rings. The summed E-state index contributed by atoms with van der Waals surface area (Å²) in [4.78, 5) is 41.3. The van der Waals surface area contributed by atoms with Gasteiger partial charge in [-0.25, -0.2) is 9.59 Å². The van der Waals surface area contributed by atoms with Crippen LogP contribution in [-0.4, -0.2) is 77.5 Å². The Morgan fingerprint density at radius 1 is 1.00 bits per heavy atom. The number of hydrogen-bond acceptors (Lipinski definition) is 4. The second-order valence-corrected chi connectivity index (χ2v) is 7.65. The first-order valence-electron chi connectivity index (χ1n) is 8.44. The monoisotopic (exact) mass is 341 g/mol. The molecule has 7 nitrogen and oxygen atoms in total. The third-order valence-corrected chi connectivity index (χ3v) is 3.97. The molecule has 0 aliphatic carbocycles. The van der Waals surface area contributed by atoms with Crippen LogP contribution >= 0.6 is 0 Å². The molecule has 7 heteroatoms. The number of likely N-dealkylation sites (N-methyl/N-ethyl adjacent to an activating group) is 1. The molecule has 1 saturated heterocycles. The van der Waals surface area contributed by atoms with Gasteiger partial charge >= 0.3 is 12.1 Å². The van der Waals surface area contributed by atoms with Gasteiger partial charge in [0.05, 0.1) is 6.04 Å². The van der Waals surface area contributed by atoms with Crippen molar-refractivity contribution in [3.63, 3.8) is 0 Å². The van der Waals surface area contributed by atoms with Crippen LogP contribution < -0.4 is 0 Å². The molecule has 24 heavy (non-hydrogen) atoms. The van der Waals surface area contributed by atoms with Crippen LogP contribution in [0.3, 0.4) is 0 Å². The number of hydrogen-bond donors (Lipinski definition) is 0. The third-order valence-electron chi connectivity index (χ3n) is 3.97. The van der Waals surface area contributed by atoms with Crippen molar-refractivity contribution in [3.05, 3.63) is 0 Å². The average Bonchev–Trinajstić information content (AvgIpc) is 2.44. The zero-order valence-corrected chi connectivity index (χ0v) is 16.0. The molecule has 1 atom stereocenters. The molecular weight excluding hydrogens is 310 g/mol. The van der Waals surface area contributed by atoms with Gasteiger partial charge in [-0.3, -0.25) is 4.79 Å². The first-order chi connectivity index (χ1) is 10.9.